The van der Waals surface area contributed by atoms with Gasteiger partial charge in [0.05, 0.1) is 12.6 Å². The molecule has 0 aliphatic rings. The summed E-state index contributed by atoms with van der Waals surface area (Å²) in [6.45, 7) is 5.25. The predicted octanol–water partition coefficient (Wildman–Crippen LogP) is -0.541. The number of carbonyl (C=O) groups is 1. The van der Waals surface area contributed by atoms with E-state index in [0.717, 1.165) is 19.4 Å². The van der Waals surface area contributed by atoms with Crippen molar-refractivity contribution in [1.29, 1.82) is 0 Å². The maximum Gasteiger partial charge on any atom is 0.250 e. The van der Waals surface area contributed by atoms with E-state index in [1.807, 2.05) is 4.90 Å². The molecule has 84 valence electrons. The fourth-order valence-electron chi connectivity index (χ4n) is 1.28. The number of hydrazine groups is 1. The Labute approximate surface area is 85.2 Å². The predicted molar refractivity (Wildman–Crippen MR) is 55.4 cm³/mol. The standard InChI is InChI=1S/C9H21N3O2/c1-3-4-5-12(6-7-13)8(2)9(14)11-10/h8,13H,3-7,10H2,1-2H3,(H,11,14). The van der Waals surface area contributed by atoms with Gasteiger partial charge >= 0.3 is 0 Å². The summed E-state index contributed by atoms with van der Waals surface area (Å²) in [7, 11) is 0. The molecule has 4 N–H and O–H groups in total. The molecule has 0 aliphatic heterocycles. The van der Waals surface area contributed by atoms with Crippen LogP contribution in [0.25, 0.3) is 0 Å². The zero-order valence-electron chi connectivity index (χ0n) is 8.99. The quantitative estimate of drug-likeness (QED) is 0.295. The number of amides is 1. The third-order valence-electron chi connectivity index (χ3n) is 2.26. The van der Waals surface area contributed by atoms with Gasteiger partial charge in [-0.3, -0.25) is 15.1 Å². The summed E-state index contributed by atoms with van der Waals surface area (Å²) in [6.07, 6.45) is 2.08. The van der Waals surface area contributed by atoms with Crippen LogP contribution in [-0.2, 0) is 4.79 Å². The highest BCUT2D eigenvalue weighted by Crippen LogP contribution is 2.01. The molecule has 14 heavy (non-hydrogen) atoms. The Morgan fingerprint density at radius 3 is 2.64 bits per heavy atom. The summed E-state index contributed by atoms with van der Waals surface area (Å²) in [5.74, 6) is 4.83. The van der Waals surface area contributed by atoms with E-state index in [9.17, 15) is 4.79 Å². The van der Waals surface area contributed by atoms with Crippen molar-refractivity contribution in [2.75, 3.05) is 19.7 Å². The van der Waals surface area contributed by atoms with Gasteiger partial charge < -0.3 is 5.11 Å². The van der Waals surface area contributed by atoms with Crippen LogP contribution < -0.4 is 11.3 Å². The van der Waals surface area contributed by atoms with Gasteiger partial charge in [0.15, 0.2) is 0 Å². The number of aliphatic hydroxyl groups is 1. The Morgan fingerprint density at radius 1 is 1.57 bits per heavy atom. The second kappa shape index (κ2) is 7.73. The number of carbonyl (C=O) groups excluding carboxylic acids is 1. The van der Waals surface area contributed by atoms with Gasteiger partial charge in [0.25, 0.3) is 5.91 Å². The van der Waals surface area contributed by atoms with Gasteiger partial charge in [-0.1, -0.05) is 13.3 Å². The first-order valence-corrected chi connectivity index (χ1v) is 5.02. The fraction of sp³-hybridized carbons (Fsp3) is 0.889. The molecule has 0 rings (SSSR count). The summed E-state index contributed by atoms with van der Waals surface area (Å²) in [5, 5.41) is 8.83. The van der Waals surface area contributed by atoms with Crippen LogP contribution >= 0.6 is 0 Å². The van der Waals surface area contributed by atoms with Crippen molar-refractivity contribution in [3.05, 3.63) is 0 Å². The van der Waals surface area contributed by atoms with Crippen LogP contribution in [0.4, 0.5) is 0 Å². The maximum absolute atomic E-state index is 11.2. The van der Waals surface area contributed by atoms with Gasteiger partial charge in [-0.15, -0.1) is 0 Å². The molecule has 0 aliphatic carbocycles. The van der Waals surface area contributed by atoms with Crippen molar-refractivity contribution in [3.8, 4) is 0 Å². The Kier molecular flexibility index (Phi) is 7.37. The van der Waals surface area contributed by atoms with E-state index in [-0.39, 0.29) is 18.6 Å². The number of nitrogens with one attached hydrogen (secondary N) is 1. The summed E-state index contributed by atoms with van der Waals surface area (Å²) in [5.41, 5.74) is 2.12. The number of aliphatic hydroxyl groups excluding tert-OH is 1. The van der Waals surface area contributed by atoms with Crippen LogP contribution in [0.1, 0.15) is 26.7 Å². The first-order chi connectivity index (χ1) is 6.67. The van der Waals surface area contributed by atoms with E-state index in [1.165, 1.54) is 0 Å². The number of nitrogens with two attached hydrogens (primary N) is 1. The van der Waals surface area contributed by atoms with Crippen molar-refractivity contribution < 1.29 is 9.90 Å². The molecule has 1 amide bonds. The molecule has 1 unspecified atom stereocenters. The zero-order valence-corrected chi connectivity index (χ0v) is 8.99. The van der Waals surface area contributed by atoms with Crippen LogP contribution in [0, 0.1) is 0 Å². The number of hydrogen-bond donors (Lipinski definition) is 3. The SMILES string of the molecule is CCCCN(CCO)C(C)C(=O)NN. The second-order valence-electron chi connectivity index (χ2n) is 3.30. The second-order valence-corrected chi connectivity index (χ2v) is 3.30. The summed E-state index contributed by atoms with van der Waals surface area (Å²) < 4.78 is 0. The molecule has 0 heterocycles. The Bertz CT molecular complexity index is 164. The van der Waals surface area contributed by atoms with Gasteiger partial charge in [-0.05, 0) is 19.9 Å². The van der Waals surface area contributed by atoms with E-state index >= 15 is 0 Å². The lowest BCUT2D eigenvalue weighted by Gasteiger charge is -2.26. The average Bonchev–Trinajstić information content (AvgIpc) is 2.22. The van der Waals surface area contributed by atoms with E-state index < -0.39 is 0 Å². The molecular weight excluding hydrogens is 182 g/mol. The minimum Gasteiger partial charge on any atom is -0.395 e. The fourth-order valence-corrected chi connectivity index (χ4v) is 1.28. The number of nitrogens with zero attached hydrogens (tertiary/aromatic N) is 1. The number of hydrogen-bond acceptors (Lipinski definition) is 4. The van der Waals surface area contributed by atoms with Crippen molar-refractivity contribution in [1.82, 2.24) is 10.3 Å². The van der Waals surface area contributed by atoms with Gasteiger partial charge in [-0.25, -0.2) is 5.84 Å². The van der Waals surface area contributed by atoms with Crippen molar-refractivity contribution >= 4 is 5.91 Å². The molecule has 0 radical (unpaired) electrons. The molecule has 1 atom stereocenters. The first kappa shape index (κ1) is 13.4. The molecule has 0 saturated carbocycles. The van der Waals surface area contributed by atoms with Gasteiger partial charge in [0, 0.05) is 6.54 Å². The third kappa shape index (κ3) is 4.55. The normalized spacial score (nSPS) is 12.9. The highest BCUT2D eigenvalue weighted by atomic mass is 16.3. The lowest BCUT2D eigenvalue weighted by molar-refractivity contribution is -0.126. The molecule has 0 bridgehead atoms. The average molecular weight is 203 g/mol. The van der Waals surface area contributed by atoms with Crippen LogP contribution in [0.5, 0.6) is 0 Å². The lowest BCUT2D eigenvalue weighted by atomic mass is 10.2. The monoisotopic (exact) mass is 203 g/mol. The van der Waals surface area contributed by atoms with Crippen LogP contribution in [0.2, 0.25) is 0 Å². The van der Waals surface area contributed by atoms with Crippen LogP contribution in [-0.4, -0.2) is 41.7 Å². The largest absolute Gasteiger partial charge is 0.395 e. The highest BCUT2D eigenvalue weighted by molar-refractivity contribution is 5.80. The van der Waals surface area contributed by atoms with E-state index in [2.05, 4.69) is 12.3 Å². The molecule has 5 nitrogen and oxygen atoms in total. The van der Waals surface area contributed by atoms with E-state index in [4.69, 9.17) is 10.9 Å². The Balaban J connectivity index is 4.09. The van der Waals surface area contributed by atoms with Crippen LogP contribution in [0.3, 0.4) is 0 Å². The van der Waals surface area contributed by atoms with Crippen molar-refractivity contribution in [2.45, 2.75) is 32.7 Å². The highest BCUT2D eigenvalue weighted by Gasteiger charge is 2.19. The topological polar surface area (TPSA) is 78.6 Å². The van der Waals surface area contributed by atoms with Crippen molar-refractivity contribution in [2.24, 2.45) is 5.84 Å². The van der Waals surface area contributed by atoms with Gasteiger partial charge in [-0.2, -0.15) is 0 Å². The maximum atomic E-state index is 11.2. The Morgan fingerprint density at radius 2 is 2.21 bits per heavy atom. The van der Waals surface area contributed by atoms with Gasteiger partial charge in [0.1, 0.15) is 0 Å². The third-order valence-corrected chi connectivity index (χ3v) is 2.26. The minimum atomic E-state index is -0.279. The molecule has 0 saturated heterocycles. The summed E-state index contributed by atoms with van der Waals surface area (Å²) in [6, 6.07) is -0.279. The van der Waals surface area contributed by atoms with Crippen LogP contribution in [0.15, 0.2) is 0 Å². The minimum absolute atomic E-state index is 0.0614. The zero-order chi connectivity index (χ0) is 11.0. The first-order valence-electron chi connectivity index (χ1n) is 5.02. The smallest absolute Gasteiger partial charge is 0.250 e. The van der Waals surface area contributed by atoms with Crippen molar-refractivity contribution in [3.63, 3.8) is 0 Å². The Hall–Kier alpha value is -0.650. The molecule has 0 aromatic heterocycles. The van der Waals surface area contributed by atoms with Gasteiger partial charge in [0.2, 0.25) is 0 Å². The summed E-state index contributed by atoms with van der Waals surface area (Å²) in [4.78, 5) is 13.2. The van der Waals surface area contributed by atoms with E-state index in [0.29, 0.717) is 6.54 Å². The molecular formula is C9H21N3O2. The molecule has 0 spiro atoms. The number of unbranched alkanes of at least 4 members (excludes halogenated alkanes) is 1. The molecule has 5 heteroatoms. The molecule has 0 fully saturated rings. The number of rotatable bonds is 7. The van der Waals surface area contributed by atoms with E-state index in [1.54, 1.807) is 6.92 Å². The lowest BCUT2D eigenvalue weighted by Crippen LogP contribution is -2.48. The molecule has 0 aromatic carbocycles. The molecule has 0 aromatic rings. The summed E-state index contributed by atoms with van der Waals surface area (Å²) >= 11 is 0.